The first-order valence-corrected chi connectivity index (χ1v) is 7.22. The second-order valence-electron chi connectivity index (χ2n) is 4.00. The summed E-state index contributed by atoms with van der Waals surface area (Å²) < 4.78 is 6.99. The van der Waals surface area contributed by atoms with Gasteiger partial charge in [-0.1, -0.05) is 34.1 Å². The van der Waals surface area contributed by atoms with E-state index in [4.69, 9.17) is 4.42 Å². The summed E-state index contributed by atoms with van der Waals surface area (Å²) in [5, 5.41) is 3.50. The quantitative estimate of drug-likeness (QED) is 0.587. The molecule has 0 amide bonds. The molecule has 0 bridgehead atoms. The lowest BCUT2D eigenvalue weighted by Gasteiger charge is -2.05. The first-order valence-electron chi connectivity index (χ1n) is 5.42. The van der Waals surface area contributed by atoms with E-state index in [0.29, 0.717) is 0 Å². The molecule has 0 aliphatic rings. The van der Waals surface area contributed by atoms with Crippen LogP contribution in [0.2, 0.25) is 0 Å². The highest BCUT2D eigenvalue weighted by Crippen LogP contribution is 2.38. The van der Waals surface area contributed by atoms with Crippen LogP contribution < -0.4 is 0 Å². The molecule has 1 unspecified atom stereocenters. The van der Waals surface area contributed by atoms with E-state index in [1.165, 1.54) is 15.6 Å². The minimum Gasteiger partial charge on any atom is -0.465 e. The molecule has 1 aromatic carbocycles. The lowest BCUT2D eigenvalue weighted by molar-refractivity contribution is 0.492. The van der Waals surface area contributed by atoms with E-state index in [9.17, 15) is 0 Å². The summed E-state index contributed by atoms with van der Waals surface area (Å²) in [5.41, 5.74) is 1.28. The van der Waals surface area contributed by atoms with Crippen molar-refractivity contribution in [2.75, 3.05) is 0 Å². The second kappa shape index (κ2) is 4.31. The number of thiophene rings is 1. The first-order chi connectivity index (χ1) is 8.25. The largest absolute Gasteiger partial charge is 0.465 e. The highest BCUT2D eigenvalue weighted by atomic mass is 79.9. The van der Waals surface area contributed by atoms with Gasteiger partial charge in [0.2, 0.25) is 0 Å². The molecule has 0 radical (unpaired) electrons. The SMILES string of the molecule is Cc1ccc(C(Br)c2csc3ccccc23)o1. The Morgan fingerprint density at radius 3 is 2.76 bits per heavy atom. The number of fused-ring (bicyclic) bond motifs is 1. The molecule has 0 saturated heterocycles. The van der Waals surface area contributed by atoms with Crippen molar-refractivity contribution in [2.24, 2.45) is 0 Å². The minimum absolute atomic E-state index is 0.132. The summed E-state index contributed by atoms with van der Waals surface area (Å²) in [6.45, 7) is 1.97. The van der Waals surface area contributed by atoms with Gasteiger partial charge in [-0.2, -0.15) is 0 Å². The molecule has 17 heavy (non-hydrogen) atoms. The van der Waals surface area contributed by atoms with Gasteiger partial charge in [0, 0.05) is 4.70 Å². The van der Waals surface area contributed by atoms with Crippen LogP contribution in [-0.2, 0) is 0 Å². The second-order valence-corrected chi connectivity index (χ2v) is 5.83. The fourth-order valence-corrected chi connectivity index (χ4v) is 3.72. The number of halogens is 1. The smallest absolute Gasteiger partial charge is 0.122 e. The van der Waals surface area contributed by atoms with Crippen molar-refractivity contribution in [2.45, 2.75) is 11.8 Å². The van der Waals surface area contributed by atoms with Gasteiger partial charge in [0.05, 0.1) is 4.83 Å². The van der Waals surface area contributed by atoms with Gasteiger partial charge in [-0.05, 0) is 41.5 Å². The van der Waals surface area contributed by atoms with Crippen LogP contribution in [0.15, 0.2) is 46.2 Å². The van der Waals surface area contributed by atoms with Crippen molar-refractivity contribution in [1.82, 2.24) is 0 Å². The lowest BCUT2D eigenvalue weighted by atomic mass is 10.1. The van der Waals surface area contributed by atoms with Crippen molar-refractivity contribution in [3.63, 3.8) is 0 Å². The maximum atomic E-state index is 5.68. The third kappa shape index (κ3) is 1.94. The Hall–Kier alpha value is -1.06. The van der Waals surface area contributed by atoms with E-state index >= 15 is 0 Å². The zero-order valence-corrected chi connectivity index (χ0v) is 11.7. The number of furan rings is 1. The molecule has 3 rings (SSSR count). The molecule has 86 valence electrons. The molecule has 0 N–H and O–H groups in total. The monoisotopic (exact) mass is 306 g/mol. The molecule has 3 aromatic rings. The van der Waals surface area contributed by atoms with Crippen LogP contribution in [0.4, 0.5) is 0 Å². The summed E-state index contributed by atoms with van der Waals surface area (Å²) in [6, 6.07) is 12.5. The Bertz CT molecular complexity index is 653. The van der Waals surface area contributed by atoms with Crippen molar-refractivity contribution < 1.29 is 4.42 Å². The van der Waals surface area contributed by atoms with Gasteiger partial charge < -0.3 is 4.42 Å². The van der Waals surface area contributed by atoms with Crippen LogP contribution in [0.25, 0.3) is 10.1 Å². The van der Waals surface area contributed by atoms with Gasteiger partial charge in [-0.15, -0.1) is 11.3 Å². The standard InChI is InChI=1S/C14H11BrOS/c1-9-6-7-12(16-9)14(15)11-8-17-13-5-3-2-4-10(11)13/h2-8,14H,1H3. The number of hydrogen-bond acceptors (Lipinski definition) is 2. The fourth-order valence-electron chi connectivity index (χ4n) is 1.94. The lowest BCUT2D eigenvalue weighted by Crippen LogP contribution is -1.88. The average Bonchev–Trinajstić information content (AvgIpc) is 2.94. The minimum atomic E-state index is 0.132. The molecular weight excluding hydrogens is 296 g/mol. The maximum Gasteiger partial charge on any atom is 0.122 e. The molecule has 0 saturated carbocycles. The Balaban J connectivity index is 2.09. The molecule has 3 heteroatoms. The van der Waals surface area contributed by atoms with Crippen molar-refractivity contribution >= 4 is 37.4 Å². The van der Waals surface area contributed by atoms with Crippen molar-refractivity contribution in [3.05, 3.63) is 58.9 Å². The van der Waals surface area contributed by atoms with Gasteiger partial charge in [-0.3, -0.25) is 0 Å². The molecular formula is C14H11BrOS. The van der Waals surface area contributed by atoms with Gasteiger partial charge in [0.25, 0.3) is 0 Å². The molecule has 1 nitrogen and oxygen atoms in total. The Morgan fingerprint density at radius 2 is 2.00 bits per heavy atom. The van der Waals surface area contributed by atoms with E-state index in [1.54, 1.807) is 11.3 Å². The van der Waals surface area contributed by atoms with Crippen molar-refractivity contribution in [1.29, 1.82) is 0 Å². The van der Waals surface area contributed by atoms with E-state index in [-0.39, 0.29) is 4.83 Å². The fraction of sp³-hybridized carbons (Fsp3) is 0.143. The van der Waals surface area contributed by atoms with Crippen molar-refractivity contribution in [3.8, 4) is 0 Å². The van der Waals surface area contributed by atoms with Crippen LogP contribution >= 0.6 is 27.3 Å². The summed E-state index contributed by atoms with van der Waals surface area (Å²) in [4.78, 5) is 0.132. The zero-order chi connectivity index (χ0) is 11.8. The predicted molar refractivity (Wildman–Crippen MR) is 76.0 cm³/mol. The number of benzene rings is 1. The maximum absolute atomic E-state index is 5.68. The third-order valence-electron chi connectivity index (χ3n) is 2.79. The van der Waals surface area contributed by atoms with Crippen LogP contribution in [0, 0.1) is 6.92 Å². The zero-order valence-electron chi connectivity index (χ0n) is 9.31. The average molecular weight is 307 g/mol. The summed E-state index contributed by atoms with van der Waals surface area (Å²) in [7, 11) is 0. The van der Waals surface area contributed by atoms with Gasteiger partial charge in [0.1, 0.15) is 11.5 Å². The number of alkyl halides is 1. The van der Waals surface area contributed by atoms with Crippen LogP contribution in [0.1, 0.15) is 21.9 Å². The van der Waals surface area contributed by atoms with E-state index in [0.717, 1.165) is 11.5 Å². The summed E-state index contributed by atoms with van der Waals surface area (Å²) >= 11 is 5.49. The molecule has 0 fully saturated rings. The van der Waals surface area contributed by atoms with Crippen LogP contribution in [0.5, 0.6) is 0 Å². The number of aryl methyl sites for hydroxylation is 1. The molecule has 0 aliphatic carbocycles. The Labute approximate surface area is 112 Å². The van der Waals surface area contributed by atoms with Crippen LogP contribution in [0.3, 0.4) is 0 Å². The molecule has 1 atom stereocenters. The summed E-state index contributed by atoms with van der Waals surface area (Å²) in [6.07, 6.45) is 0. The molecule has 2 aromatic heterocycles. The predicted octanol–water partition coefficient (Wildman–Crippen LogP) is 5.29. The van der Waals surface area contributed by atoms with Gasteiger partial charge in [0.15, 0.2) is 0 Å². The van der Waals surface area contributed by atoms with E-state index in [1.807, 2.05) is 19.1 Å². The topological polar surface area (TPSA) is 13.1 Å². The third-order valence-corrected chi connectivity index (χ3v) is 4.72. The normalized spacial score (nSPS) is 13.1. The Kier molecular flexibility index (Phi) is 2.81. The molecule has 2 heterocycles. The van der Waals surface area contributed by atoms with E-state index < -0.39 is 0 Å². The van der Waals surface area contributed by atoms with E-state index in [2.05, 4.69) is 45.6 Å². The van der Waals surface area contributed by atoms with Crippen LogP contribution in [-0.4, -0.2) is 0 Å². The number of rotatable bonds is 2. The first kappa shape index (κ1) is 11.1. The summed E-state index contributed by atoms with van der Waals surface area (Å²) in [5.74, 6) is 1.91. The Morgan fingerprint density at radius 1 is 1.18 bits per heavy atom. The number of hydrogen-bond donors (Lipinski definition) is 0. The molecule has 0 aliphatic heterocycles. The highest BCUT2D eigenvalue weighted by Gasteiger charge is 2.17. The van der Waals surface area contributed by atoms with Gasteiger partial charge in [-0.25, -0.2) is 0 Å². The van der Waals surface area contributed by atoms with Gasteiger partial charge >= 0.3 is 0 Å². The molecule has 0 spiro atoms. The highest BCUT2D eigenvalue weighted by molar-refractivity contribution is 9.09.